The van der Waals surface area contributed by atoms with E-state index in [1.54, 1.807) is 26.0 Å². The molecule has 0 radical (unpaired) electrons. The molecule has 1 aromatic heterocycles. The molecule has 0 bridgehead atoms. The molecule has 16 heavy (non-hydrogen) atoms. The monoisotopic (exact) mass is 247 g/mol. The predicted molar refractivity (Wildman–Crippen MR) is 60.2 cm³/mol. The van der Waals surface area contributed by atoms with Crippen molar-refractivity contribution in [2.45, 2.75) is 20.4 Å². The molecule has 0 unspecified atom stereocenters. The second-order valence-corrected chi connectivity index (χ2v) is 6.29. The van der Waals surface area contributed by atoms with Gasteiger partial charge in [-0.3, -0.25) is 0 Å². The number of hydrogen-bond acceptors (Lipinski definition) is 4. The molecular formula is C10H17NO4S. The average Bonchev–Trinajstić information content (AvgIpc) is 2.66. The first-order valence-corrected chi connectivity index (χ1v) is 6.60. The van der Waals surface area contributed by atoms with Crippen LogP contribution in [0.3, 0.4) is 0 Å². The summed E-state index contributed by atoms with van der Waals surface area (Å²) in [4.78, 5) is 0. The van der Waals surface area contributed by atoms with Gasteiger partial charge in [0.2, 0.25) is 10.0 Å². The fraction of sp³-hybridized carbons (Fsp3) is 0.600. The molecular weight excluding hydrogens is 230 g/mol. The molecule has 1 rings (SSSR count). The maximum Gasteiger partial charge on any atom is 0.212 e. The van der Waals surface area contributed by atoms with E-state index < -0.39 is 15.4 Å². The second kappa shape index (κ2) is 4.99. The van der Waals surface area contributed by atoms with Gasteiger partial charge in [-0.15, -0.1) is 0 Å². The van der Waals surface area contributed by atoms with Gasteiger partial charge in [0.25, 0.3) is 0 Å². The van der Waals surface area contributed by atoms with E-state index in [-0.39, 0.29) is 18.9 Å². The molecule has 0 atom stereocenters. The second-order valence-electron chi connectivity index (χ2n) is 4.48. The molecule has 0 aliphatic carbocycles. The molecule has 0 aliphatic heterocycles. The molecule has 5 nitrogen and oxygen atoms in total. The Bertz CT molecular complexity index is 408. The van der Waals surface area contributed by atoms with Gasteiger partial charge in [-0.05, 0) is 12.1 Å². The highest BCUT2D eigenvalue weighted by molar-refractivity contribution is 7.89. The van der Waals surface area contributed by atoms with Crippen LogP contribution in [0.4, 0.5) is 0 Å². The van der Waals surface area contributed by atoms with E-state index >= 15 is 0 Å². The Kier molecular flexibility index (Phi) is 4.12. The third-order valence-corrected chi connectivity index (χ3v) is 3.80. The van der Waals surface area contributed by atoms with Crippen LogP contribution in [-0.4, -0.2) is 25.9 Å². The number of furan rings is 1. The molecule has 0 fully saturated rings. The van der Waals surface area contributed by atoms with Gasteiger partial charge >= 0.3 is 0 Å². The van der Waals surface area contributed by atoms with E-state index in [1.807, 2.05) is 0 Å². The highest BCUT2D eigenvalue weighted by atomic mass is 32.2. The number of aliphatic hydroxyl groups is 1. The summed E-state index contributed by atoms with van der Waals surface area (Å²) in [5.74, 6) is 0.447. The van der Waals surface area contributed by atoms with Crippen molar-refractivity contribution in [2.24, 2.45) is 5.41 Å². The lowest BCUT2D eigenvalue weighted by molar-refractivity contribution is 0.178. The number of hydrogen-bond donors (Lipinski definition) is 2. The van der Waals surface area contributed by atoms with Gasteiger partial charge in [0.15, 0.2) is 0 Å². The van der Waals surface area contributed by atoms with Crippen LogP contribution in [0.25, 0.3) is 0 Å². The van der Waals surface area contributed by atoms with Crippen molar-refractivity contribution in [2.75, 3.05) is 12.4 Å². The average molecular weight is 247 g/mol. The third-order valence-electron chi connectivity index (χ3n) is 2.06. The maximum atomic E-state index is 11.6. The fourth-order valence-electron chi connectivity index (χ4n) is 1.21. The minimum Gasteiger partial charge on any atom is -0.468 e. The summed E-state index contributed by atoms with van der Waals surface area (Å²) >= 11 is 0. The SMILES string of the molecule is CC(C)(CO)CS(=O)(=O)NCc1ccco1. The van der Waals surface area contributed by atoms with Gasteiger partial charge in [0.05, 0.1) is 18.6 Å². The highest BCUT2D eigenvalue weighted by Crippen LogP contribution is 2.16. The zero-order valence-corrected chi connectivity index (χ0v) is 10.3. The van der Waals surface area contributed by atoms with E-state index in [9.17, 15) is 8.42 Å². The first-order valence-electron chi connectivity index (χ1n) is 4.95. The van der Waals surface area contributed by atoms with Gasteiger partial charge in [-0.1, -0.05) is 13.8 Å². The lowest BCUT2D eigenvalue weighted by Gasteiger charge is -2.21. The zero-order chi connectivity index (χ0) is 12.2. The van der Waals surface area contributed by atoms with Crippen LogP contribution in [0, 0.1) is 5.41 Å². The summed E-state index contributed by atoms with van der Waals surface area (Å²) in [6.45, 7) is 3.35. The molecule has 2 N–H and O–H groups in total. The van der Waals surface area contributed by atoms with E-state index in [0.29, 0.717) is 5.76 Å². The molecule has 1 aromatic rings. The van der Waals surface area contributed by atoms with Crippen LogP contribution in [0.2, 0.25) is 0 Å². The van der Waals surface area contributed by atoms with Crippen molar-refractivity contribution in [3.63, 3.8) is 0 Å². The summed E-state index contributed by atoms with van der Waals surface area (Å²) in [6.07, 6.45) is 1.49. The Labute approximate surface area is 95.5 Å². The summed E-state index contributed by atoms with van der Waals surface area (Å²) in [6, 6.07) is 3.39. The fourth-order valence-corrected chi connectivity index (χ4v) is 2.79. The van der Waals surface area contributed by atoms with Crippen LogP contribution in [0.15, 0.2) is 22.8 Å². The molecule has 0 saturated heterocycles. The van der Waals surface area contributed by atoms with E-state index in [1.165, 1.54) is 6.26 Å². The normalized spacial score (nSPS) is 12.9. The van der Waals surface area contributed by atoms with E-state index in [4.69, 9.17) is 9.52 Å². The molecule has 0 aromatic carbocycles. The number of nitrogens with one attached hydrogen (secondary N) is 1. The van der Waals surface area contributed by atoms with Gasteiger partial charge in [-0.2, -0.15) is 0 Å². The molecule has 0 saturated carbocycles. The Morgan fingerprint density at radius 2 is 2.19 bits per heavy atom. The van der Waals surface area contributed by atoms with Gasteiger partial charge in [-0.25, -0.2) is 13.1 Å². The van der Waals surface area contributed by atoms with Crippen LogP contribution >= 0.6 is 0 Å². The van der Waals surface area contributed by atoms with Crippen molar-refractivity contribution in [1.29, 1.82) is 0 Å². The standard InChI is InChI=1S/C10H17NO4S/c1-10(2,7-12)8-16(13,14)11-6-9-4-3-5-15-9/h3-5,11-12H,6-8H2,1-2H3. The predicted octanol–water partition coefficient (Wildman–Crippen LogP) is 0.717. The van der Waals surface area contributed by atoms with Crippen LogP contribution in [0.5, 0.6) is 0 Å². The summed E-state index contributed by atoms with van der Waals surface area (Å²) in [5, 5.41) is 9.00. The molecule has 0 amide bonds. The van der Waals surface area contributed by atoms with Crippen LogP contribution in [-0.2, 0) is 16.6 Å². The molecule has 92 valence electrons. The van der Waals surface area contributed by atoms with E-state index in [0.717, 1.165) is 0 Å². The zero-order valence-electron chi connectivity index (χ0n) is 9.43. The molecule has 1 heterocycles. The smallest absolute Gasteiger partial charge is 0.212 e. The van der Waals surface area contributed by atoms with Crippen molar-refractivity contribution in [3.8, 4) is 0 Å². The van der Waals surface area contributed by atoms with Gasteiger partial charge in [0, 0.05) is 12.0 Å². The van der Waals surface area contributed by atoms with Crippen molar-refractivity contribution in [3.05, 3.63) is 24.2 Å². The third kappa shape index (κ3) is 4.34. The summed E-state index contributed by atoms with van der Waals surface area (Å²) in [7, 11) is -3.40. The molecule has 0 spiro atoms. The quantitative estimate of drug-likeness (QED) is 0.776. The van der Waals surface area contributed by atoms with Crippen LogP contribution in [0.1, 0.15) is 19.6 Å². The first-order chi connectivity index (χ1) is 7.35. The minimum atomic E-state index is -3.40. The molecule has 0 aliphatic rings. The Hall–Kier alpha value is -0.850. The number of sulfonamides is 1. The molecule has 6 heteroatoms. The Morgan fingerprint density at radius 1 is 1.50 bits per heavy atom. The number of aliphatic hydroxyl groups excluding tert-OH is 1. The largest absolute Gasteiger partial charge is 0.468 e. The van der Waals surface area contributed by atoms with Crippen LogP contribution < -0.4 is 4.72 Å². The summed E-state index contributed by atoms with van der Waals surface area (Å²) < 4.78 is 30.7. The summed E-state index contributed by atoms with van der Waals surface area (Å²) in [5.41, 5.74) is -0.644. The lowest BCUT2D eigenvalue weighted by atomic mass is 9.98. The first kappa shape index (κ1) is 13.2. The minimum absolute atomic E-state index is 0.114. The maximum absolute atomic E-state index is 11.6. The van der Waals surface area contributed by atoms with E-state index in [2.05, 4.69) is 4.72 Å². The topological polar surface area (TPSA) is 79.5 Å². The van der Waals surface area contributed by atoms with Crippen molar-refractivity contribution < 1.29 is 17.9 Å². The van der Waals surface area contributed by atoms with Gasteiger partial charge < -0.3 is 9.52 Å². The lowest BCUT2D eigenvalue weighted by Crippen LogP contribution is -2.35. The van der Waals surface area contributed by atoms with Crippen molar-refractivity contribution >= 4 is 10.0 Å². The highest BCUT2D eigenvalue weighted by Gasteiger charge is 2.25. The van der Waals surface area contributed by atoms with Crippen molar-refractivity contribution in [1.82, 2.24) is 4.72 Å². The number of rotatable bonds is 6. The van der Waals surface area contributed by atoms with Gasteiger partial charge in [0.1, 0.15) is 5.76 Å². The Morgan fingerprint density at radius 3 is 2.69 bits per heavy atom. The Balaban J connectivity index is 2.53.